The second-order valence-corrected chi connectivity index (χ2v) is 8.06. The highest BCUT2D eigenvalue weighted by Crippen LogP contribution is 2.12. The third kappa shape index (κ3) is 27.4. The fourth-order valence-electron chi connectivity index (χ4n) is 2.43. The van der Waals surface area contributed by atoms with E-state index in [1.54, 1.807) is 20.8 Å². The number of hydrogen-bond donors (Lipinski definition) is 1. The van der Waals surface area contributed by atoms with E-state index in [-0.39, 0.29) is 5.57 Å². The second kappa shape index (κ2) is 33.0. The number of aliphatic carboxylic acids is 1. The molecule has 0 aliphatic heterocycles. The average molecular weight is 651 g/mol. The molecule has 0 aromatic rings. The van der Waals surface area contributed by atoms with E-state index < -0.39 is 23.9 Å². The zero-order valence-electron chi connectivity index (χ0n) is 29.0. The Morgan fingerprint density at radius 1 is 0.622 bits per heavy atom. The Labute approximate surface area is 267 Å². The Morgan fingerprint density at radius 2 is 1.02 bits per heavy atom. The van der Waals surface area contributed by atoms with Gasteiger partial charge in [0.15, 0.2) is 0 Å². The van der Waals surface area contributed by atoms with Crippen LogP contribution in [0.15, 0.2) is 46.7 Å². The van der Waals surface area contributed by atoms with Crippen LogP contribution in [0.1, 0.15) is 88.5 Å². The number of allylic oxidation sites excluding steroid dienone is 2. The van der Waals surface area contributed by atoms with Gasteiger partial charge < -0.3 is 19.3 Å². The molecule has 0 unspecified atom stereocenters. The summed E-state index contributed by atoms with van der Waals surface area (Å²) < 4.78 is 15.5. The highest BCUT2D eigenvalue weighted by atomic mass is 17.2. The largest absolute Gasteiger partial charge is 0.501 e. The van der Waals surface area contributed by atoms with Gasteiger partial charge in [-0.25, -0.2) is 19.2 Å². The van der Waals surface area contributed by atoms with Gasteiger partial charge in [0.1, 0.15) is 11.5 Å². The van der Waals surface area contributed by atoms with E-state index in [0.29, 0.717) is 73.9 Å². The summed E-state index contributed by atoms with van der Waals surface area (Å²) in [6.07, 6.45) is 3.28. The molecular weight excluding hydrogens is 596 g/mol. The molecule has 0 aliphatic rings. The Morgan fingerprint density at radius 3 is 1.31 bits per heavy atom. The molecule has 0 bridgehead atoms. The number of carboxylic acids is 1. The molecule has 0 aromatic carbocycles. The number of rotatable bonds is 17. The minimum atomic E-state index is -0.935. The van der Waals surface area contributed by atoms with Crippen molar-refractivity contribution in [3.8, 4) is 0 Å². The van der Waals surface area contributed by atoms with E-state index >= 15 is 0 Å². The van der Waals surface area contributed by atoms with Gasteiger partial charge in [-0.15, -0.1) is 0 Å². The number of carbonyl (C=O) groups excluding carboxylic acids is 3. The zero-order valence-corrected chi connectivity index (χ0v) is 29.0. The lowest BCUT2D eigenvalue weighted by Crippen LogP contribution is -2.10. The van der Waals surface area contributed by atoms with Gasteiger partial charge in [-0.3, -0.25) is 14.7 Å². The molecule has 0 aliphatic carbocycles. The molecule has 0 spiro atoms. The first-order valence-corrected chi connectivity index (χ1v) is 14.4. The lowest BCUT2D eigenvalue weighted by molar-refractivity contribution is -0.265. The standard InChI is InChI=1S/C10H18O4.C9H16O4.C8H14O4.C4H6O2/c1-5-9(12-6-2)8(4)10(11)14-13-7-3;1-5-8(12-6-2)7(3)9(10)13-11-4;1-4-7(6-11-5-2)8(9)12-10-3;1-3(2)4(5)6/h5-7H2,1-4H3;5-6H2,1-4H3;6H,4-5H2,1-3H3;1H2,2H3,(H,5,6). The maximum absolute atomic E-state index is 11.3. The van der Waals surface area contributed by atoms with Crippen LogP contribution in [-0.2, 0) is 62.7 Å². The van der Waals surface area contributed by atoms with Gasteiger partial charge in [0.05, 0.1) is 63.6 Å². The fourth-order valence-corrected chi connectivity index (χ4v) is 2.43. The predicted octanol–water partition coefficient (Wildman–Crippen LogP) is 6.08. The Kier molecular flexibility index (Phi) is 35.2. The first-order valence-electron chi connectivity index (χ1n) is 14.4. The minimum Gasteiger partial charge on any atom is -0.501 e. The summed E-state index contributed by atoms with van der Waals surface area (Å²) >= 11 is 0. The van der Waals surface area contributed by atoms with Crippen LogP contribution in [0.3, 0.4) is 0 Å². The van der Waals surface area contributed by atoms with Crippen molar-refractivity contribution >= 4 is 23.9 Å². The van der Waals surface area contributed by atoms with Crippen LogP contribution in [0.2, 0.25) is 0 Å². The van der Waals surface area contributed by atoms with Crippen LogP contribution in [0.4, 0.5) is 0 Å². The number of carboxylic acid groups (broad SMARTS) is 1. The topological polar surface area (TPSA) is 172 Å². The average Bonchev–Trinajstić information content (AvgIpc) is 3.02. The van der Waals surface area contributed by atoms with Crippen LogP contribution in [-0.4, -0.2) is 69.6 Å². The van der Waals surface area contributed by atoms with Gasteiger partial charge in [0, 0.05) is 18.4 Å². The third-order valence-electron chi connectivity index (χ3n) is 4.70. The van der Waals surface area contributed by atoms with Crippen LogP contribution in [0, 0.1) is 0 Å². The van der Waals surface area contributed by atoms with Gasteiger partial charge in [-0.2, -0.15) is 14.7 Å². The maximum atomic E-state index is 11.3. The molecule has 262 valence electrons. The van der Waals surface area contributed by atoms with Crippen LogP contribution in [0.25, 0.3) is 0 Å². The fraction of sp³-hybridized carbons (Fsp3) is 0.613. The van der Waals surface area contributed by atoms with Crippen LogP contribution >= 0.6 is 0 Å². The third-order valence-corrected chi connectivity index (χ3v) is 4.70. The normalized spacial score (nSPS) is 11.2. The minimum absolute atomic E-state index is 0.176. The van der Waals surface area contributed by atoms with Crippen molar-refractivity contribution in [2.45, 2.75) is 88.5 Å². The summed E-state index contributed by atoms with van der Waals surface area (Å²) in [5, 5.41) is 7.89. The van der Waals surface area contributed by atoms with E-state index in [4.69, 9.17) is 19.3 Å². The van der Waals surface area contributed by atoms with Crippen molar-refractivity contribution in [3.05, 3.63) is 46.7 Å². The molecule has 0 aromatic heterocycles. The van der Waals surface area contributed by atoms with Crippen molar-refractivity contribution in [1.29, 1.82) is 0 Å². The number of carbonyl (C=O) groups is 4. The van der Waals surface area contributed by atoms with Crippen molar-refractivity contribution in [2.24, 2.45) is 0 Å². The molecule has 14 heteroatoms. The number of ether oxygens (including phenoxy) is 3. The van der Waals surface area contributed by atoms with Crippen LogP contribution < -0.4 is 0 Å². The molecule has 45 heavy (non-hydrogen) atoms. The molecule has 0 radical (unpaired) electrons. The van der Waals surface area contributed by atoms with Crippen molar-refractivity contribution in [3.63, 3.8) is 0 Å². The van der Waals surface area contributed by atoms with Crippen LogP contribution in [0.5, 0.6) is 0 Å². The Bertz CT molecular complexity index is 936. The predicted molar refractivity (Wildman–Crippen MR) is 166 cm³/mol. The second-order valence-electron chi connectivity index (χ2n) is 8.06. The maximum Gasteiger partial charge on any atom is 0.372 e. The molecule has 14 nitrogen and oxygen atoms in total. The van der Waals surface area contributed by atoms with E-state index in [2.05, 4.69) is 35.9 Å². The van der Waals surface area contributed by atoms with Crippen molar-refractivity contribution in [2.75, 3.05) is 40.6 Å². The molecular formula is C31H54O14. The highest BCUT2D eigenvalue weighted by molar-refractivity contribution is 5.88. The molecule has 0 saturated carbocycles. The Hall–Kier alpha value is -3.88. The van der Waals surface area contributed by atoms with E-state index in [1.165, 1.54) is 27.4 Å². The van der Waals surface area contributed by atoms with Crippen molar-refractivity contribution < 1.29 is 67.8 Å². The number of hydrogen-bond acceptors (Lipinski definition) is 13. The quantitative estimate of drug-likeness (QED) is 0.0830. The molecule has 0 rings (SSSR count). The first kappa shape index (κ1) is 48.0. The smallest absolute Gasteiger partial charge is 0.372 e. The van der Waals surface area contributed by atoms with Gasteiger partial charge in [0.25, 0.3) is 0 Å². The van der Waals surface area contributed by atoms with Gasteiger partial charge in [0.2, 0.25) is 0 Å². The lowest BCUT2D eigenvalue weighted by Gasteiger charge is -2.09. The summed E-state index contributed by atoms with van der Waals surface area (Å²) in [5.74, 6) is -1.14. The van der Waals surface area contributed by atoms with E-state index in [0.717, 1.165) is 0 Å². The Balaban J connectivity index is -0.000000257. The molecule has 0 atom stereocenters. The van der Waals surface area contributed by atoms with E-state index in [1.807, 2.05) is 41.5 Å². The zero-order chi connectivity index (χ0) is 35.8. The summed E-state index contributed by atoms with van der Waals surface area (Å²) in [4.78, 5) is 69.2. The highest BCUT2D eigenvalue weighted by Gasteiger charge is 2.14. The summed E-state index contributed by atoms with van der Waals surface area (Å²) in [6, 6.07) is 0. The molecule has 0 amide bonds. The van der Waals surface area contributed by atoms with Crippen molar-refractivity contribution in [1.82, 2.24) is 0 Å². The summed E-state index contributed by atoms with van der Waals surface area (Å²) in [6.45, 7) is 22.9. The lowest BCUT2D eigenvalue weighted by atomic mass is 10.2. The molecule has 1 N–H and O–H groups in total. The molecule has 0 fully saturated rings. The summed E-state index contributed by atoms with van der Waals surface area (Å²) in [7, 11) is 2.57. The summed E-state index contributed by atoms with van der Waals surface area (Å²) in [5.41, 5.74) is 1.54. The van der Waals surface area contributed by atoms with Gasteiger partial charge in [-0.05, 0) is 54.9 Å². The monoisotopic (exact) mass is 650 g/mol. The van der Waals surface area contributed by atoms with Gasteiger partial charge in [-0.1, -0.05) is 27.4 Å². The first-order chi connectivity index (χ1) is 21.2. The SMILES string of the molecule is C=C(C)C(=O)O.CCOC(CC)=C(C)C(=O)OOC.CCOC=C(CC)C(=O)OOC.CCOOC(=O)C(C)=C(CC)OCC. The molecule has 0 saturated heterocycles. The van der Waals surface area contributed by atoms with E-state index in [9.17, 15) is 19.2 Å². The van der Waals surface area contributed by atoms with Gasteiger partial charge >= 0.3 is 23.9 Å². The molecule has 0 heterocycles.